The molecule has 0 aliphatic carbocycles. The van der Waals surface area contributed by atoms with E-state index in [9.17, 15) is 0 Å². The SMILES string of the molecule is CC(C)CNCCCOCC(C)(C)N(C)C. The Kier molecular flexibility index (Phi) is 7.98. The van der Waals surface area contributed by atoms with Crippen molar-refractivity contribution in [2.75, 3.05) is 40.4 Å². The summed E-state index contributed by atoms with van der Waals surface area (Å²) in [7, 11) is 4.18. The Labute approximate surface area is 102 Å². The first-order valence-corrected chi connectivity index (χ1v) is 6.32. The van der Waals surface area contributed by atoms with Gasteiger partial charge >= 0.3 is 0 Å². The molecule has 16 heavy (non-hydrogen) atoms. The quantitative estimate of drug-likeness (QED) is 0.613. The molecule has 0 saturated carbocycles. The second kappa shape index (κ2) is 8.04. The second-order valence-corrected chi connectivity index (χ2v) is 5.71. The van der Waals surface area contributed by atoms with Crippen LogP contribution < -0.4 is 5.32 Å². The highest BCUT2D eigenvalue weighted by molar-refractivity contribution is 4.75. The molecule has 0 saturated heterocycles. The predicted molar refractivity (Wildman–Crippen MR) is 70.9 cm³/mol. The molecule has 0 aliphatic heterocycles. The van der Waals surface area contributed by atoms with Gasteiger partial charge in [0.25, 0.3) is 0 Å². The van der Waals surface area contributed by atoms with Crippen molar-refractivity contribution in [1.29, 1.82) is 0 Å². The highest BCUT2D eigenvalue weighted by atomic mass is 16.5. The van der Waals surface area contributed by atoms with Crippen molar-refractivity contribution in [3.05, 3.63) is 0 Å². The van der Waals surface area contributed by atoms with E-state index in [0.29, 0.717) is 0 Å². The topological polar surface area (TPSA) is 24.5 Å². The van der Waals surface area contributed by atoms with Crippen LogP contribution in [0.5, 0.6) is 0 Å². The molecule has 0 fully saturated rings. The number of nitrogens with one attached hydrogen (secondary N) is 1. The van der Waals surface area contributed by atoms with E-state index in [-0.39, 0.29) is 5.54 Å². The molecule has 0 rings (SSSR count). The van der Waals surface area contributed by atoms with Crippen molar-refractivity contribution in [2.45, 2.75) is 39.7 Å². The fourth-order valence-corrected chi connectivity index (χ4v) is 1.14. The van der Waals surface area contributed by atoms with Gasteiger partial charge in [-0.05, 0) is 53.4 Å². The standard InChI is InChI=1S/C13H30N2O/c1-12(2)10-14-8-7-9-16-11-13(3,4)15(5)6/h12,14H,7-11H2,1-6H3. The van der Waals surface area contributed by atoms with E-state index in [1.165, 1.54) is 0 Å². The fraction of sp³-hybridized carbons (Fsp3) is 1.00. The van der Waals surface area contributed by atoms with E-state index in [4.69, 9.17) is 4.74 Å². The molecule has 0 atom stereocenters. The summed E-state index contributed by atoms with van der Waals surface area (Å²) in [5.74, 6) is 0.730. The van der Waals surface area contributed by atoms with E-state index < -0.39 is 0 Å². The summed E-state index contributed by atoms with van der Waals surface area (Å²) in [5, 5.41) is 3.41. The molecule has 98 valence electrons. The third kappa shape index (κ3) is 8.08. The first-order chi connectivity index (χ1) is 7.36. The first-order valence-electron chi connectivity index (χ1n) is 6.32. The number of hydrogen-bond acceptors (Lipinski definition) is 3. The number of hydrogen-bond donors (Lipinski definition) is 1. The highest BCUT2D eigenvalue weighted by Gasteiger charge is 2.19. The lowest BCUT2D eigenvalue weighted by atomic mass is 10.1. The third-order valence-electron chi connectivity index (χ3n) is 2.86. The van der Waals surface area contributed by atoms with Crippen LogP contribution in [0.4, 0.5) is 0 Å². The monoisotopic (exact) mass is 230 g/mol. The Morgan fingerprint density at radius 1 is 1.25 bits per heavy atom. The lowest BCUT2D eigenvalue weighted by Crippen LogP contribution is -2.42. The summed E-state index contributed by atoms with van der Waals surface area (Å²) in [4.78, 5) is 2.20. The van der Waals surface area contributed by atoms with Gasteiger partial charge in [-0.1, -0.05) is 13.8 Å². The Hall–Kier alpha value is -0.120. The molecule has 0 aliphatic rings. The summed E-state index contributed by atoms with van der Waals surface area (Å²) >= 11 is 0. The van der Waals surface area contributed by atoms with Gasteiger partial charge < -0.3 is 15.0 Å². The van der Waals surface area contributed by atoms with Crippen LogP contribution in [-0.2, 0) is 4.74 Å². The van der Waals surface area contributed by atoms with E-state index >= 15 is 0 Å². The van der Waals surface area contributed by atoms with Crippen molar-refractivity contribution in [1.82, 2.24) is 10.2 Å². The zero-order valence-electron chi connectivity index (χ0n) is 12.0. The van der Waals surface area contributed by atoms with Gasteiger partial charge in [0.1, 0.15) is 0 Å². The van der Waals surface area contributed by atoms with Gasteiger partial charge in [-0.3, -0.25) is 0 Å². The fourth-order valence-electron chi connectivity index (χ4n) is 1.14. The molecule has 0 unspecified atom stereocenters. The molecule has 1 N–H and O–H groups in total. The number of rotatable bonds is 9. The molecule has 0 spiro atoms. The van der Waals surface area contributed by atoms with Crippen LogP contribution >= 0.6 is 0 Å². The van der Waals surface area contributed by atoms with Crippen molar-refractivity contribution < 1.29 is 4.74 Å². The lowest BCUT2D eigenvalue weighted by molar-refractivity contribution is 0.0352. The van der Waals surface area contributed by atoms with Crippen LogP contribution in [0.25, 0.3) is 0 Å². The van der Waals surface area contributed by atoms with Crippen LogP contribution in [0.3, 0.4) is 0 Å². The maximum absolute atomic E-state index is 5.69. The average Bonchev–Trinajstić information content (AvgIpc) is 2.15. The van der Waals surface area contributed by atoms with Gasteiger partial charge in [0.05, 0.1) is 6.61 Å². The normalized spacial score (nSPS) is 12.8. The smallest absolute Gasteiger partial charge is 0.0644 e. The van der Waals surface area contributed by atoms with Crippen molar-refractivity contribution in [2.24, 2.45) is 5.92 Å². The second-order valence-electron chi connectivity index (χ2n) is 5.71. The van der Waals surface area contributed by atoms with Crippen molar-refractivity contribution in [3.63, 3.8) is 0 Å². The summed E-state index contributed by atoms with van der Waals surface area (Å²) in [5.41, 5.74) is 0.130. The van der Waals surface area contributed by atoms with E-state index in [2.05, 4.69) is 52.0 Å². The maximum atomic E-state index is 5.69. The third-order valence-corrected chi connectivity index (χ3v) is 2.86. The lowest BCUT2D eigenvalue weighted by Gasteiger charge is -2.32. The molecule has 3 heteroatoms. The molecule has 0 heterocycles. The zero-order chi connectivity index (χ0) is 12.6. The highest BCUT2D eigenvalue weighted by Crippen LogP contribution is 2.09. The molecule has 0 amide bonds. The Bertz CT molecular complexity index is 167. The summed E-state index contributed by atoms with van der Waals surface area (Å²) < 4.78 is 5.69. The summed E-state index contributed by atoms with van der Waals surface area (Å²) in [6, 6.07) is 0. The van der Waals surface area contributed by atoms with Crippen LogP contribution in [0.1, 0.15) is 34.1 Å². The molecule has 3 nitrogen and oxygen atoms in total. The Morgan fingerprint density at radius 3 is 2.38 bits per heavy atom. The van der Waals surface area contributed by atoms with Gasteiger partial charge in [-0.25, -0.2) is 0 Å². The molecule has 0 bridgehead atoms. The minimum atomic E-state index is 0.130. The molecular formula is C13H30N2O. The van der Waals surface area contributed by atoms with Crippen LogP contribution in [0.2, 0.25) is 0 Å². The molecule has 0 aromatic heterocycles. The number of likely N-dealkylation sites (N-methyl/N-ethyl adjacent to an activating group) is 1. The molecular weight excluding hydrogens is 200 g/mol. The molecule has 0 aromatic carbocycles. The van der Waals surface area contributed by atoms with Gasteiger partial charge in [0, 0.05) is 12.1 Å². The Balaban J connectivity index is 3.34. The minimum absolute atomic E-state index is 0.130. The van der Waals surface area contributed by atoms with Gasteiger partial charge in [-0.15, -0.1) is 0 Å². The van der Waals surface area contributed by atoms with Gasteiger partial charge in [0.2, 0.25) is 0 Å². The number of nitrogens with zero attached hydrogens (tertiary/aromatic N) is 1. The van der Waals surface area contributed by atoms with E-state index in [1.807, 2.05) is 0 Å². The average molecular weight is 230 g/mol. The Morgan fingerprint density at radius 2 is 1.88 bits per heavy atom. The summed E-state index contributed by atoms with van der Waals surface area (Å²) in [6.45, 7) is 12.6. The molecule has 0 aromatic rings. The van der Waals surface area contributed by atoms with E-state index in [0.717, 1.165) is 38.6 Å². The van der Waals surface area contributed by atoms with E-state index in [1.54, 1.807) is 0 Å². The van der Waals surface area contributed by atoms with Crippen LogP contribution in [0.15, 0.2) is 0 Å². The van der Waals surface area contributed by atoms with Crippen LogP contribution in [-0.4, -0.2) is 50.8 Å². The van der Waals surface area contributed by atoms with Crippen LogP contribution in [0, 0.1) is 5.92 Å². The first kappa shape index (κ1) is 15.9. The summed E-state index contributed by atoms with van der Waals surface area (Å²) in [6.07, 6.45) is 1.09. The maximum Gasteiger partial charge on any atom is 0.0644 e. The zero-order valence-corrected chi connectivity index (χ0v) is 12.0. The van der Waals surface area contributed by atoms with Gasteiger partial charge in [-0.2, -0.15) is 0 Å². The predicted octanol–water partition coefficient (Wildman–Crippen LogP) is 1.98. The largest absolute Gasteiger partial charge is 0.379 e. The van der Waals surface area contributed by atoms with Crippen molar-refractivity contribution in [3.8, 4) is 0 Å². The minimum Gasteiger partial charge on any atom is -0.379 e. The molecule has 0 radical (unpaired) electrons. The van der Waals surface area contributed by atoms with Gasteiger partial charge in [0.15, 0.2) is 0 Å². The van der Waals surface area contributed by atoms with Crippen molar-refractivity contribution >= 4 is 0 Å². The number of ether oxygens (including phenoxy) is 1.